The lowest BCUT2D eigenvalue weighted by molar-refractivity contribution is 0.670. The number of hydrogen-bond donors (Lipinski definition) is 0. The van der Waals surface area contributed by atoms with Crippen LogP contribution in [0.2, 0.25) is 0 Å². The molecule has 10 rings (SSSR count). The van der Waals surface area contributed by atoms with Gasteiger partial charge in [0.05, 0.1) is 5.69 Å². The molecule has 0 N–H and O–H groups in total. The number of rotatable bonds is 6. The van der Waals surface area contributed by atoms with Crippen LogP contribution >= 0.6 is 0 Å². The Morgan fingerprint density at radius 3 is 1.75 bits per heavy atom. The largest absolute Gasteiger partial charge is 0.455 e. The van der Waals surface area contributed by atoms with Crippen LogP contribution in [0.4, 0.5) is 17.1 Å². The van der Waals surface area contributed by atoms with Gasteiger partial charge in [-0.1, -0.05) is 158 Å². The van der Waals surface area contributed by atoms with Gasteiger partial charge in [-0.2, -0.15) is 0 Å². The summed E-state index contributed by atoms with van der Waals surface area (Å²) in [5, 5.41) is 2.28. The number of anilines is 3. The molecule has 0 saturated carbocycles. The summed E-state index contributed by atoms with van der Waals surface area (Å²) >= 11 is 0. The third-order valence-corrected chi connectivity index (χ3v) is 11.0. The summed E-state index contributed by atoms with van der Waals surface area (Å²) in [5.41, 5.74) is 16.0. The molecule has 1 aliphatic carbocycles. The average molecular weight is 666 g/mol. The van der Waals surface area contributed by atoms with Crippen molar-refractivity contribution in [1.82, 2.24) is 0 Å². The number of nitrogens with zero attached hydrogens (tertiary/aromatic N) is 1. The molecule has 0 saturated heterocycles. The van der Waals surface area contributed by atoms with Crippen molar-refractivity contribution in [2.24, 2.45) is 0 Å². The Hall–Kier alpha value is -6.64. The molecule has 0 fully saturated rings. The van der Waals surface area contributed by atoms with E-state index >= 15 is 0 Å². The highest BCUT2D eigenvalue weighted by molar-refractivity contribution is 6.09. The molecule has 1 atom stereocenters. The monoisotopic (exact) mass is 665 g/mol. The highest BCUT2D eigenvalue weighted by Crippen LogP contribution is 2.56. The number of benzene rings is 8. The van der Waals surface area contributed by atoms with Crippen LogP contribution in [0.15, 0.2) is 199 Å². The Kier molecular flexibility index (Phi) is 6.97. The zero-order valence-electron chi connectivity index (χ0n) is 28.8. The summed E-state index contributed by atoms with van der Waals surface area (Å²) in [5.74, 6) is 0. The Balaban J connectivity index is 1.15. The van der Waals surface area contributed by atoms with Gasteiger partial charge in [0.25, 0.3) is 0 Å². The second-order valence-electron chi connectivity index (χ2n) is 13.8. The summed E-state index contributed by atoms with van der Waals surface area (Å²) < 4.78 is 6.43. The average Bonchev–Trinajstić information content (AvgIpc) is 3.73. The van der Waals surface area contributed by atoms with Crippen LogP contribution in [-0.4, -0.2) is 0 Å². The van der Waals surface area contributed by atoms with Crippen LogP contribution in [0.1, 0.15) is 23.6 Å². The molecule has 1 heterocycles. The number of para-hydroxylation sites is 2. The van der Waals surface area contributed by atoms with E-state index in [1.807, 2.05) is 12.1 Å². The number of hydrogen-bond acceptors (Lipinski definition) is 2. The second kappa shape index (κ2) is 12.0. The van der Waals surface area contributed by atoms with Gasteiger partial charge < -0.3 is 9.32 Å². The van der Waals surface area contributed by atoms with Gasteiger partial charge in [0.1, 0.15) is 11.2 Å². The zero-order chi connectivity index (χ0) is 34.6. The summed E-state index contributed by atoms with van der Waals surface area (Å²) in [6.45, 7) is 2.38. The van der Waals surface area contributed by atoms with E-state index in [1.165, 1.54) is 38.9 Å². The maximum atomic E-state index is 6.43. The highest BCUT2D eigenvalue weighted by Gasteiger charge is 2.42. The van der Waals surface area contributed by atoms with E-state index in [2.05, 4.69) is 194 Å². The molecule has 0 aliphatic heterocycles. The molecular formula is C50H35NO. The van der Waals surface area contributed by atoms with Crippen LogP contribution in [0.5, 0.6) is 0 Å². The van der Waals surface area contributed by atoms with Crippen molar-refractivity contribution in [3.05, 3.63) is 211 Å². The fraction of sp³-hybridized carbons (Fsp3) is 0.0400. The third-order valence-electron chi connectivity index (χ3n) is 11.0. The van der Waals surface area contributed by atoms with Crippen LogP contribution in [-0.2, 0) is 5.41 Å². The van der Waals surface area contributed by atoms with Crippen molar-refractivity contribution in [3.63, 3.8) is 0 Å². The summed E-state index contributed by atoms with van der Waals surface area (Å²) in [4.78, 5) is 2.42. The van der Waals surface area contributed by atoms with Crippen LogP contribution < -0.4 is 4.90 Å². The number of furan rings is 1. The summed E-state index contributed by atoms with van der Waals surface area (Å²) in [6, 6.07) is 69.9. The molecule has 2 heteroatoms. The first-order valence-corrected chi connectivity index (χ1v) is 17.9. The van der Waals surface area contributed by atoms with E-state index < -0.39 is 0 Å². The molecule has 1 aliphatic rings. The first-order chi connectivity index (χ1) is 25.7. The van der Waals surface area contributed by atoms with E-state index in [1.54, 1.807) is 0 Å². The Morgan fingerprint density at radius 2 is 0.981 bits per heavy atom. The fourth-order valence-electron chi connectivity index (χ4n) is 8.42. The van der Waals surface area contributed by atoms with Crippen LogP contribution in [0.25, 0.3) is 55.3 Å². The van der Waals surface area contributed by atoms with E-state index in [4.69, 9.17) is 4.42 Å². The van der Waals surface area contributed by atoms with Gasteiger partial charge in [-0.3, -0.25) is 0 Å². The molecule has 0 radical (unpaired) electrons. The lowest BCUT2D eigenvalue weighted by Crippen LogP contribution is -2.22. The van der Waals surface area contributed by atoms with Crippen molar-refractivity contribution in [2.75, 3.05) is 4.90 Å². The van der Waals surface area contributed by atoms with Crippen molar-refractivity contribution >= 4 is 39.0 Å². The van der Waals surface area contributed by atoms with Gasteiger partial charge in [0.15, 0.2) is 0 Å². The first kappa shape index (κ1) is 30.2. The molecule has 9 aromatic rings. The van der Waals surface area contributed by atoms with Gasteiger partial charge >= 0.3 is 0 Å². The smallest absolute Gasteiger partial charge is 0.143 e. The minimum Gasteiger partial charge on any atom is -0.455 e. The lowest BCUT2D eigenvalue weighted by atomic mass is 9.74. The topological polar surface area (TPSA) is 16.4 Å². The molecule has 1 aromatic heterocycles. The zero-order valence-corrected chi connectivity index (χ0v) is 28.8. The van der Waals surface area contributed by atoms with E-state index in [9.17, 15) is 0 Å². The molecule has 2 nitrogen and oxygen atoms in total. The van der Waals surface area contributed by atoms with Crippen molar-refractivity contribution in [2.45, 2.75) is 12.3 Å². The van der Waals surface area contributed by atoms with E-state index in [-0.39, 0.29) is 5.41 Å². The molecule has 0 bridgehead atoms. The summed E-state index contributed by atoms with van der Waals surface area (Å²) in [6.07, 6.45) is 0. The van der Waals surface area contributed by atoms with Crippen molar-refractivity contribution < 1.29 is 4.42 Å². The fourth-order valence-corrected chi connectivity index (χ4v) is 8.42. The first-order valence-electron chi connectivity index (χ1n) is 17.9. The van der Waals surface area contributed by atoms with Gasteiger partial charge in [0.2, 0.25) is 0 Å². The van der Waals surface area contributed by atoms with Crippen molar-refractivity contribution in [1.29, 1.82) is 0 Å². The van der Waals surface area contributed by atoms with E-state index in [0.29, 0.717) is 0 Å². The normalized spacial score (nSPS) is 14.7. The predicted octanol–water partition coefficient (Wildman–Crippen LogP) is 13.7. The maximum Gasteiger partial charge on any atom is 0.143 e. The van der Waals surface area contributed by atoms with Gasteiger partial charge in [-0.25, -0.2) is 0 Å². The molecule has 0 amide bonds. The van der Waals surface area contributed by atoms with E-state index in [0.717, 1.165) is 50.1 Å². The van der Waals surface area contributed by atoms with Crippen LogP contribution in [0, 0.1) is 0 Å². The third kappa shape index (κ3) is 4.65. The van der Waals surface area contributed by atoms with Crippen LogP contribution in [0.3, 0.4) is 0 Å². The minimum absolute atomic E-state index is 0.291. The standard InChI is InChI=1S/C50H35NO/c1-50(37-16-6-3-7-17-37)44-22-10-8-19-43(44)48-45(50)23-13-24-46(48)51(38-30-26-35(27-31-38)34-14-4-2-5-15-34)39-32-28-36(29-33-39)40-20-12-21-42-41-18-9-11-25-47(41)52-49(40)42/h2-33H,1H3. The minimum atomic E-state index is -0.291. The van der Waals surface area contributed by atoms with Gasteiger partial charge in [0, 0.05) is 38.7 Å². The Labute approximate surface area is 303 Å². The lowest BCUT2D eigenvalue weighted by Gasteiger charge is -2.30. The Morgan fingerprint density at radius 1 is 0.423 bits per heavy atom. The highest BCUT2D eigenvalue weighted by atomic mass is 16.3. The molecular weight excluding hydrogens is 631 g/mol. The van der Waals surface area contributed by atoms with Crippen molar-refractivity contribution in [3.8, 4) is 33.4 Å². The second-order valence-corrected chi connectivity index (χ2v) is 13.8. The summed E-state index contributed by atoms with van der Waals surface area (Å²) in [7, 11) is 0. The maximum absolute atomic E-state index is 6.43. The molecule has 52 heavy (non-hydrogen) atoms. The van der Waals surface area contributed by atoms with Gasteiger partial charge in [-0.05, 0) is 82.3 Å². The van der Waals surface area contributed by atoms with Gasteiger partial charge in [-0.15, -0.1) is 0 Å². The molecule has 8 aromatic carbocycles. The molecule has 1 unspecified atom stereocenters. The quantitative estimate of drug-likeness (QED) is 0.176. The molecule has 0 spiro atoms. The SMILES string of the molecule is CC1(c2ccccc2)c2ccccc2-c2c(N(c3ccc(-c4ccccc4)cc3)c3ccc(-c4cccc5c4oc4ccccc45)cc3)cccc21. The Bertz CT molecular complexity index is 2730. The number of fused-ring (bicyclic) bond motifs is 6. The molecule has 246 valence electrons. The predicted molar refractivity (Wildman–Crippen MR) is 217 cm³/mol.